The van der Waals surface area contributed by atoms with E-state index in [4.69, 9.17) is 0 Å². The van der Waals surface area contributed by atoms with E-state index in [9.17, 15) is 5.11 Å². The molecule has 141 valence electrons. The van der Waals surface area contributed by atoms with Crippen LogP contribution in [0.1, 0.15) is 116 Å². The highest BCUT2D eigenvalue weighted by atomic mass is 16.3. The molecule has 0 aromatic heterocycles. The van der Waals surface area contributed by atoms with Crippen molar-refractivity contribution in [3.8, 4) is 0 Å². The minimum absolute atomic E-state index is 0.105. The molecule has 1 heteroatoms. The molecule has 1 N–H and O–H groups in total. The van der Waals surface area contributed by atoms with Gasteiger partial charge in [0.15, 0.2) is 0 Å². The summed E-state index contributed by atoms with van der Waals surface area (Å²) in [6, 6.07) is 0. The van der Waals surface area contributed by atoms with Crippen molar-refractivity contribution in [1.29, 1.82) is 0 Å². The molecule has 24 heavy (non-hydrogen) atoms. The van der Waals surface area contributed by atoms with Gasteiger partial charge < -0.3 is 5.11 Å². The van der Waals surface area contributed by atoms with Gasteiger partial charge in [-0.2, -0.15) is 0 Å². The quantitative estimate of drug-likeness (QED) is 0.550. The van der Waals surface area contributed by atoms with Crippen molar-refractivity contribution in [1.82, 2.24) is 0 Å². The van der Waals surface area contributed by atoms with Crippen LogP contribution in [0.25, 0.3) is 0 Å². The second kappa shape index (κ2) is 10.8. The minimum atomic E-state index is -0.186. The summed E-state index contributed by atoms with van der Waals surface area (Å²) in [5.41, 5.74) is -0.105. The van der Waals surface area contributed by atoms with Crippen LogP contribution in [0.2, 0.25) is 0 Å². The number of rotatable bonds is 6. The molecule has 0 aromatic rings. The predicted octanol–water partition coefficient (Wildman–Crippen LogP) is 7.08. The number of hydrogen-bond donors (Lipinski definition) is 1. The van der Waals surface area contributed by atoms with Crippen molar-refractivity contribution < 1.29 is 5.11 Å². The molecule has 0 amide bonds. The van der Waals surface area contributed by atoms with E-state index in [-0.39, 0.29) is 11.5 Å². The summed E-state index contributed by atoms with van der Waals surface area (Å²) in [4.78, 5) is 0. The zero-order valence-electron chi connectivity index (χ0n) is 16.4. The highest BCUT2D eigenvalue weighted by molar-refractivity contribution is 4.92. The fourth-order valence-corrected chi connectivity index (χ4v) is 5.16. The Morgan fingerprint density at radius 1 is 0.833 bits per heavy atom. The normalized spacial score (nSPS) is 26.6. The first-order valence-electron chi connectivity index (χ1n) is 11.2. The highest BCUT2D eigenvalue weighted by Crippen LogP contribution is 2.41. The van der Waals surface area contributed by atoms with Gasteiger partial charge >= 0.3 is 0 Å². The third-order valence-electron chi connectivity index (χ3n) is 7.20. The van der Waals surface area contributed by atoms with Crippen molar-refractivity contribution in [2.45, 2.75) is 122 Å². The van der Waals surface area contributed by atoms with Gasteiger partial charge in [0.25, 0.3) is 0 Å². The third kappa shape index (κ3) is 6.36. The maximum absolute atomic E-state index is 11.2. The Morgan fingerprint density at radius 3 is 1.79 bits per heavy atom. The largest absolute Gasteiger partial charge is 0.392 e. The molecular weight excluding hydrogens is 292 g/mol. The lowest BCUT2D eigenvalue weighted by atomic mass is 9.69. The average Bonchev–Trinajstić information content (AvgIpc) is 2.52. The van der Waals surface area contributed by atoms with Gasteiger partial charge in [-0.05, 0) is 56.3 Å². The van der Waals surface area contributed by atoms with Crippen LogP contribution in [-0.4, -0.2) is 11.2 Å². The number of hydrogen-bond acceptors (Lipinski definition) is 1. The van der Waals surface area contributed by atoms with Crippen LogP contribution >= 0.6 is 0 Å². The molecule has 0 spiro atoms. The van der Waals surface area contributed by atoms with Gasteiger partial charge in [0, 0.05) is 0 Å². The smallest absolute Gasteiger partial charge is 0.0624 e. The third-order valence-corrected chi connectivity index (χ3v) is 7.20. The van der Waals surface area contributed by atoms with Crippen LogP contribution in [0.3, 0.4) is 0 Å². The number of aliphatic hydroxyl groups is 1. The molecule has 2 aliphatic carbocycles. The highest BCUT2D eigenvalue weighted by Gasteiger charge is 2.36. The van der Waals surface area contributed by atoms with Crippen LogP contribution in [0, 0.1) is 24.2 Å². The van der Waals surface area contributed by atoms with Crippen molar-refractivity contribution >= 4 is 0 Å². The monoisotopic (exact) mass is 335 g/mol. The van der Waals surface area contributed by atoms with Gasteiger partial charge in [-0.25, -0.2) is 0 Å². The zero-order valence-corrected chi connectivity index (χ0v) is 16.4. The summed E-state index contributed by atoms with van der Waals surface area (Å²) >= 11 is 0. The maximum Gasteiger partial charge on any atom is 0.0624 e. The standard InChI is InChI=1S/C23H43O/c1-3-23(2,19-18-20-14-10-6-4-7-11-15-20)22(24)21-16-12-8-5-9-13-17-21/h20-22,24H,2-19H2,1H3. The van der Waals surface area contributed by atoms with Crippen molar-refractivity contribution in [2.75, 3.05) is 0 Å². The molecule has 2 atom stereocenters. The minimum Gasteiger partial charge on any atom is -0.392 e. The zero-order chi connectivity index (χ0) is 17.3. The van der Waals surface area contributed by atoms with Crippen LogP contribution in [0.15, 0.2) is 0 Å². The SMILES string of the molecule is [CH2]C(CC)(CCC1CCCCCCC1)C(O)C1CCCCCCC1. The molecule has 2 rings (SSSR count). The summed E-state index contributed by atoms with van der Waals surface area (Å²) in [5.74, 6) is 1.39. The molecule has 0 aliphatic heterocycles. The predicted molar refractivity (Wildman–Crippen MR) is 105 cm³/mol. The molecule has 0 heterocycles. The summed E-state index contributed by atoms with van der Waals surface area (Å²) in [7, 11) is 0. The molecule has 2 aliphatic rings. The van der Waals surface area contributed by atoms with E-state index >= 15 is 0 Å². The van der Waals surface area contributed by atoms with Gasteiger partial charge in [0.05, 0.1) is 6.10 Å². The van der Waals surface area contributed by atoms with E-state index in [0.717, 1.165) is 18.8 Å². The van der Waals surface area contributed by atoms with Crippen molar-refractivity contribution in [3.05, 3.63) is 6.92 Å². The van der Waals surface area contributed by atoms with E-state index in [2.05, 4.69) is 13.8 Å². The Hall–Kier alpha value is -0.0400. The molecule has 2 saturated carbocycles. The molecule has 0 aromatic carbocycles. The maximum atomic E-state index is 11.2. The van der Waals surface area contributed by atoms with Gasteiger partial charge in [-0.15, -0.1) is 0 Å². The molecule has 2 unspecified atom stereocenters. The Kier molecular flexibility index (Phi) is 9.16. The lowest BCUT2D eigenvalue weighted by Crippen LogP contribution is -2.39. The summed E-state index contributed by atoms with van der Waals surface area (Å²) in [6.45, 7) is 6.84. The molecule has 1 nitrogen and oxygen atoms in total. The summed E-state index contributed by atoms with van der Waals surface area (Å²) < 4.78 is 0. The Bertz CT molecular complexity index is 310. The first kappa shape index (κ1) is 20.3. The van der Waals surface area contributed by atoms with E-state index < -0.39 is 0 Å². The first-order valence-corrected chi connectivity index (χ1v) is 11.2. The lowest BCUT2D eigenvalue weighted by Gasteiger charge is -2.40. The Morgan fingerprint density at radius 2 is 1.29 bits per heavy atom. The fourth-order valence-electron chi connectivity index (χ4n) is 5.16. The summed E-state index contributed by atoms with van der Waals surface area (Å²) in [6.07, 6.45) is 22.4. The molecule has 0 saturated heterocycles. The topological polar surface area (TPSA) is 20.2 Å². The Labute approximate surface area is 152 Å². The van der Waals surface area contributed by atoms with E-state index in [1.807, 2.05) is 0 Å². The van der Waals surface area contributed by atoms with E-state index in [0.29, 0.717) is 5.92 Å². The Balaban J connectivity index is 1.87. The second-order valence-corrected chi connectivity index (χ2v) is 9.02. The van der Waals surface area contributed by atoms with Crippen LogP contribution in [0.4, 0.5) is 0 Å². The van der Waals surface area contributed by atoms with E-state index in [1.54, 1.807) is 0 Å². The van der Waals surface area contributed by atoms with E-state index in [1.165, 1.54) is 96.3 Å². The average molecular weight is 336 g/mol. The first-order chi connectivity index (χ1) is 11.7. The van der Waals surface area contributed by atoms with Crippen molar-refractivity contribution in [2.24, 2.45) is 17.3 Å². The second-order valence-electron chi connectivity index (χ2n) is 9.02. The van der Waals surface area contributed by atoms with Crippen LogP contribution < -0.4 is 0 Å². The van der Waals surface area contributed by atoms with Crippen molar-refractivity contribution in [3.63, 3.8) is 0 Å². The molecule has 1 radical (unpaired) electrons. The van der Waals surface area contributed by atoms with Gasteiger partial charge in [-0.3, -0.25) is 0 Å². The van der Waals surface area contributed by atoms with Crippen LogP contribution in [0.5, 0.6) is 0 Å². The lowest BCUT2D eigenvalue weighted by molar-refractivity contribution is -0.0132. The van der Waals surface area contributed by atoms with Gasteiger partial charge in [-0.1, -0.05) is 84.0 Å². The number of aliphatic hydroxyl groups excluding tert-OH is 1. The molecule has 2 fully saturated rings. The van der Waals surface area contributed by atoms with Crippen LogP contribution in [-0.2, 0) is 0 Å². The molecular formula is C23H43O. The summed E-state index contributed by atoms with van der Waals surface area (Å²) in [5, 5.41) is 11.2. The van der Waals surface area contributed by atoms with Gasteiger partial charge in [0.2, 0.25) is 0 Å². The van der Waals surface area contributed by atoms with Gasteiger partial charge in [0.1, 0.15) is 0 Å². The molecule has 0 bridgehead atoms. The fraction of sp³-hybridized carbons (Fsp3) is 0.957.